The van der Waals surface area contributed by atoms with Gasteiger partial charge in [0, 0.05) is 18.7 Å². The van der Waals surface area contributed by atoms with Gasteiger partial charge >= 0.3 is 0 Å². The maximum Gasteiger partial charge on any atom is 0.277 e. The first-order valence-electron chi connectivity index (χ1n) is 8.19. The van der Waals surface area contributed by atoms with Crippen LogP contribution in [0, 0.1) is 6.92 Å². The Balaban J connectivity index is 1.44. The van der Waals surface area contributed by atoms with Crippen LogP contribution in [-0.4, -0.2) is 52.3 Å². The lowest BCUT2D eigenvalue weighted by Gasteiger charge is -2.15. The summed E-state index contributed by atoms with van der Waals surface area (Å²) in [5.41, 5.74) is 1.99. The van der Waals surface area contributed by atoms with Gasteiger partial charge in [0.05, 0.1) is 12.3 Å². The second-order valence-corrected chi connectivity index (χ2v) is 6.82. The fraction of sp³-hybridized carbons (Fsp3) is 0.412. The molecule has 1 N–H and O–H groups in total. The number of nitrogens with one attached hydrogen (secondary N) is 1. The Morgan fingerprint density at radius 3 is 2.64 bits per heavy atom. The predicted octanol–water partition coefficient (Wildman–Crippen LogP) is 1.88. The summed E-state index contributed by atoms with van der Waals surface area (Å²) in [6, 6.07) is 7.76. The minimum Gasteiger partial charge on any atom is -0.411 e. The SMILES string of the molecule is Cc1ccc(-c2nnc(SCC(=O)NCC(=O)N3CCCC3)o2)cc1. The molecule has 1 saturated heterocycles. The Bertz CT molecular complexity index is 739. The molecule has 1 fully saturated rings. The maximum atomic E-state index is 11.9. The molecular formula is C17H20N4O3S. The van der Waals surface area contributed by atoms with Gasteiger partial charge in [0.15, 0.2) is 0 Å². The molecule has 25 heavy (non-hydrogen) atoms. The topological polar surface area (TPSA) is 88.3 Å². The molecular weight excluding hydrogens is 340 g/mol. The molecule has 1 aliphatic heterocycles. The highest BCUT2D eigenvalue weighted by Gasteiger charge is 2.18. The van der Waals surface area contributed by atoms with Gasteiger partial charge in [0.25, 0.3) is 5.22 Å². The van der Waals surface area contributed by atoms with Crippen molar-refractivity contribution in [3.63, 3.8) is 0 Å². The molecule has 1 aliphatic rings. The third-order valence-corrected chi connectivity index (χ3v) is 4.75. The quantitative estimate of drug-likeness (QED) is 0.791. The zero-order valence-corrected chi connectivity index (χ0v) is 14.8. The van der Waals surface area contributed by atoms with E-state index in [1.165, 1.54) is 0 Å². The number of rotatable bonds is 6. The van der Waals surface area contributed by atoms with E-state index in [4.69, 9.17) is 4.42 Å². The first kappa shape index (κ1) is 17.5. The van der Waals surface area contributed by atoms with E-state index in [9.17, 15) is 9.59 Å². The molecule has 1 aromatic heterocycles. The normalized spacial score (nSPS) is 13.9. The van der Waals surface area contributed by atoms with Crippen molar-refractivity contribution >= 4 is 23.6 Å². The molecule has 0 radical (unpaired) electrons. The molecule has 8 heteroatoms. The lowest BCUT2D eigenvalue weighted by Crippen LogP contribution is -2.39. The summed E-state index contributed by atoms with van der Waals surface area (Å²) in [5.74, 6) is 0.290. The number of likely N-dealkylation sites (tertiary alicyclic amines) is 1. The van der Waals surface area contributed by atoms with Crippen LogP contribution in [0.1, 0.15) is 18.4 Å². The monoisotopic (exact) mass is 360 g/mol. The minimum absolute atomic E-state index is 0.0321. The second kappa shape index (κ2) is 8.15. The van der Waals surface area contributed by atoms with Crippen molar-refractivity contribution in [3.05, 3.63) is 29.8 Å². The molecule has 0 spiro atoms. The highest BCUT2D eigenvalue weighted by Crippen LogP contribution is 2.23. The molecule has 0 aliphatic carbocycles. The van der Waals surface area contributed by atoms with Crippen LogP contribution >= 0.6 is 11.8 Å². The third-order valence-electron chi connectivity index (χ3n) is 3.93. The van der Waals surface area contributed by atoms with E-state index in [-0.39, 0.29) is 24.1 Å². The number of carbonyl (C=O) groups is 2. The van der Waals surface area contributed by atoms with Crippen LogP contribution < -0.4 is 5.32 Å². The van der Waals surface area contributed by atoms with Crippen LogP contribution in [-0.2, 0) is 9.59 Å². The van der Waals surface area contributed by atoms with Gasteiger partial charge in [-0.3, -0.25) is 9.59 Å². The van der Waals surface area contributed by atoms with Gasteiger partial charge in [-0.05, 0) is 31.9 Å². The summed E-state index contributed by atoms with van der Waals surface area (Å²) in [6.45, 7) is 3.62. The molecule has 0 unspecified atom stereocenters. The lowest BCUT2D eigenvalue weighted by atomic mass is 10.1. The second-order valence-electron chi connectivity index (χ2n) is 5.89. The first-order chi connectivity index (χ1) is 12.1. The summed E-state index contributed by atoms with van der Waals surface area (Å²) in [6.07, 6.45) is 2.08. The van der Waals surface area contributed by atoms with Crippen LogP contribution in [0.3, 0.4) is 0 Å². The van der Waals surface area contributed by atoms with Crippen LogP contribution in [0.2, 0.25) is 0 Å². The molecule has 2 amide bonds. The van der Waals surface area contributed by atoms with Crippen molar-refractivity contribution in [2.75, 3.05) is 25.4 Å². The maximum absolute atomic E-state index is 11.9. The number of aryl methyl sites for hydroxylation is 1. The van der Waals surface area contributed by atoms with Crippen LogP contribution in [0.5, 0.6) is 0 Å². The van der Waals surface area contributed by atoms with Crippen molar-refractivity contribution in [2.45, 2.75) is 25.0 Å². The van der Waals surface area contributed by atoms with Crippen LogP contribution in [0.15, 0.2) is 33.9 Å². The minimum atomic E-state index is -0.229. The highest BCUT2D eigenvalue weighted by molar-refractivity contribution is 7.99. The Labute approximate surface area is 150 Å². The largest absolute Gasteiger partial charge is 0.411 e. The number of amides is 2. The highest BCUT2D eigenvalue weighted by atomic mass is 32.2. The van der Waals surface area contributed by atoms with Crippen molar-refractivity contribution < 1.29 is 14.0 Å². The van der Waals surface area contributed by atoms with Gasteiger partial charge in [-0.25, -0.2) is 0 Å². The van der Waals surface area contributed by atoms with Crippen molar-refractivity contribution in [1.29, 1.82) is 0 Å². The van der Waals surface area contributed by atoms with Crippen molar-refractivity contribution in [3.8, 4) is 11.5 Å². The standard InChI is InChI=1S/C17H20N4O3S/c1-12-4-6-13(7-5-12)16-19-20-17(24-16)25-11-14(22)18-10-15(23)21-8-2-3-9-21/h4-7H,2-3,8-11H2,1H3,(H,18,22). The fourth-order valence-corrected chi connectivity index (χ4v) is 3.10. The van der Waals surface area contributed by atoms with E-state index in [1.54, 1.807) is 4.90 Å². The van der Waals surface area contributed by atoms with Crippen LogP contribution in [0.25, 0.3) is 11.5 Å². The first-order valence-corrected chi connectivity index (χ1v) is 9.18. The van der Waals surface area contributed by atoms with Gasteiger partial charge in [0.1, 0.15) is 0 Å². The van der Waals surface area contributed by atoms with E-state index < -0.39 is 0 Å². The number of nitrogens with zero attached hydrogens (tertiary/aromatic N) is 3. The van der Waals surface area contributed by atoms with Gasteiger partial charge in [-0.15, -0.1) is 10.2 Å². The van der Waals surface area contributed by atoms with Gasteiger partial charge < -0.3 is 14.6 Å². The van der Waals surface area contributed by atoms with E-state index in [0.717, 1.165) is 48.8 Å². The molecule has 7 nitrogen and oxygen atoms in total. The number of hydrogen-bond donors (Lipinski definition) is 1. The number of carbonyl (C=O) groups excluding carboxylic acids is 2. The van der Waals surface area contributed by atoms with E-state index in [2.05, 4.69) is 15.5 Å². The lowest BCUT2D eigenvalue weighted by molar-refractivity contribution is -0.131. The summed E-state index contributed by atoms with van der Waals surface area (Å²) in [5, 5.41) is 10.9. The van der Waals surface area contributed by atoms with Gasteiger partial charge in [-0.1, -0.05) is 29.5 Å². The molecule has 1 aromatic carbocycles. The molecule has 132 valence electrons. The van der Waals surface area contributed by atoms with Gasteiger partial charge in [0.2, 0.25) is 17.7 Å². The molecule has 0 bridgehead atoms. The molecule has 0 atom stereocenters. The summed E-state index contributed by atoms with van der Waals surface area (Å²) in [4.78, 5) is 25.5. The fourth-order valence-electron chi connectivity index (χ4n) is 2.51. The average molecular weight is 360 g/mol. The summed E-state index contributed by atoms with van der Waals surface area (Å²) < 4.78 is 5.55. The number of thioether (sulfide) groups is 1. The molecule has 2 heterocycles. The molecule has 2 aromatic rings. The van der Waals surface area contributed by atoms with E-state index >= 15 is 0 Å². The summed E-state index contributed by atoms with van der Waals surface area (Å²) >= 11 is 1.15. The number of aromatic nitrogens is 2. The van der Waals surface area contributed by atoms with E-state index in [1.807, 2.05) is 31.2 Å². The molecule has 3 rings (SSSR count). The third kappa shape index (κ3) is 4.82. The predicted molar refractivity (Wildman–Crippen MR) is 94.0 cm³/mol. The average Bonchev–Trinajstić information content (AvgIpc) is 3.30. The smallest absolute Gasteiger partial charge is 0.277 e. The van der Waals surface area contributed by atoms with Crippen LogP contribution in [0.4, 0.5) is 0 Å². The number of hydrogen-bond acceptors (Lipinski definition) is 6. The molecule has 0 saturated carbocycles. The Hall–Kier alpha value is -2.35. The Morgan fingerprint density at radius 1 is 1.20 bits per heavy atom. The number of benzene rings is 1. The van der Waals surface area contributed by atoms with Crippen molar-refractivity contribution in [1.82, 2.24) is 20.4 Å². The van der Waals surface area contributed by atoms with Gasteiger partial charge in [-0.2, -0.15) is 0 Å². The summed E-state index contributed by atoms with van der Waals surface area (Å²) in [7, 11) is 0. The zero-order valence-electron chi connectivity index (χ0n) is 14.0. The zero-order chi connectivity index (χ0) is 17.6. The Morgan fingerprint density at radius 2 is 1.92 bits per heavy atom. The Kier molecular flexibility index (Phi) is 5.70. The van der Waals surface area contributed by atoms with Crippen molar-refractivity contribution in [2.24, 2.45) is 0 Å². The van der Waals surface area contributed by atoms with E-state index in [0.29, 0.717) is 11.1 Å².